The Morgan fingerprint density at radius 3 is 2.45 bits per heavy atom. The summed E-state index contributed by atoms with van der Waals surface area (Å²) in [6.07, 6.45) is 0. The van der Waals surface area contributed by atoms with Crippen molar-refractivity contribution in [3.05, 3.63) is 54.1 Å². The van der Waals surface area contributed by atoms with Crippen LogP contribution in [0.3, 0.4) is 0 Å². The van der Waals surface area contributed by atoms with Crippen LogP contribution in [0.15, 0.2) is 53.4 Å². The Kier molecular flexibility index (Phi) is 4.26. The highest BCUT2D eigenvalue weighted by molar-refractivity contribution is 7.92. The summed E-state index contributed by atoms with van der Waals surface area (Å²) in [6, 6.07) is 12.8. The van der Waals surface area contributed by atoms with Gasteiger partial charge in [-0.25, -0.2) is 8.42 Å². The van der Waals surface area contributed by atoms with Crippen LogP contribution >= 0.6 is 0 Å². The van der Waals surface area contributed by atoms with Gasteiger partial charge in [0, 0.05) is 11.6 Å². The number of nitrogens with one attached hydrogen (secondary N) is 1. The summed E-state index contributed by atoms with van der Waals surface area (Å²) in [5.41, 5.74) is 0.779. The number of aliphatic hydroxyl groups is 1. The van der Waals surface area contributed by atoms with E-state index >= 15 is 0 Å². The number of anilines is 1. The number of sulfonamides is 1. The number of ether oxygens (including phenoxy) is 1. The van der Waals surface area contributed by atoms with E-state index in [1.807, 2.05) is 0 Å². The van der Waals surface area contributed by atoms with Crippen LogP contribution in [0, 0.1) is 0 Å². The molecule has 0 aliphatic carbocycles. The third-order valence-electron chi connectivity index (χ3n) is 2.79. The molecule has 20 heavy (non-hydrogen) atoms. The van der Waals surface area contributed by atoms with E-state index in [1.54, 1.807) is 30.3 Å². The quantitative estimate of drug-likeness (QED) is 0.884. The molecule has 0 atom stereocenters. The maximum absolute atomic E-state index is 12.2. The van der Waals surface area contributed by atoms with Gasteiger partial charge in [0.15, 0.2) is 0 Å². The molecule has 0 amide bonds. The van der Waals surface area contributed by atoms with Crippen molar-refractivity contribution in [1.82, 2.24) is 0 Å². The first-order chi connectivity index (χ1) is 9.56. The highest BCUT2D eigenvalue weighted by Gasteiger charge is 2.15. The average molecular weight is 293 g/mol. The van der Waals surface area contributed by atoms with Gasteiger partial charge >= 0.3 is 0 Å². The minimum atomic E-state index is -3.69. The van der Waals surface area contributed by atoms with Crippen molar-refractivity contribution < 1.29 is 18.3 Å². The van der Waals surface area contributed by atoms with Crippen LogP contribution in [0.1, 0.15) is 5.56 Å². The molecule has 0 aromatic heterocycles. The number of aliphatic hydroxyl groups excluding tert-OH is 1. The molecular formula is C14H15NO4S. The van der Waals surface area contributed by atoms with Gasteiger partial charge in [0.05, 0.1) is 24.3 Å². The lowest BCUT2D eigenvalue weighted by molar-refractivity contribution is 0.282. The summed E-state index contributed by atoms with van der Waals surface area (Å²) < 4.78 is 32.0. The van der Waals surface area contributed by atoms with E-state index in [0.717, 1.165) is 0 Å². The molecule has 0 unspecified atom stereocenters. The Morgan fingerprint density at radius 2 is 1.85 bits per heavy atom. The molecule has 6 heteroatoms. The van der Waals surface area contributed by atoms with Gasteiger partial charge in [-0.1, -0.05) is 24.3 Å². The first kappa shape index (κ1) is 14.4. The van der Waals surface area contributed by atoms with Crippen molar-refractivity contribution in [3.8, 4) is 5.75 Å². The Morgan fingerprint density at radius 1 is 1.15 bits per heavy atom. The summed E-state index contributed by atoms with van der Waals surface area (Å²) in [5.74, 6) is 0.507. The fourth-order valence-electron chi connectivity index (χ4n) is 1.72. The Labute approximate surface area is 117 Å². The average Bonchev–Trinajstić information content (AvgIpc) is 2.47. The van der Waals surface area contributed by atoms with Crippen molar-refractivity contribution in [3.63, 3.8) is 0 Å². The van der Waals surface area contributed by atoms with Crippen molar-refractivity contribution >= 4 is 15.7 Å². The Hall–Kier alpha value is -2.05. The number of benzene rings is 2. The molecule has 106 valence electrons. The normalized spacial score (nSPS) is 11.1. The van der Waals surface area contributed by atoms with Crippen molar-refractivity contribution in [2.75, 3.05) is 11.8 Å². The first-order valence-corrected chi connectivity index (χ1v) is 7.41. The largest absolute Gasteiger partial charge is 0.497 e. The molecule has 2 rings (SSSR count). The van der Waals surface area contributed by atoms with Gasteiger partial charge in [0.25, 0.3) is 10.0 Å². The topological polar surface area (TPSA) is 75.6 Å². The van der Waals surface area contributed by atoms with Gasteiger partial charge in [-0.15, -0.1) is 0 Å². The van der Waals surface area contributed by atoms with Crippen molar-refractivity contribution in [2.24, 2.45) is 0 Å². The number of methoxy groups -OCH3 is 1. The van der Waals surface area contributed by atoms with E-state index < -0.39 is 10.0 Å². The molecule has 0 aliphatic rings. The summed E-state index contributed by atoms with van der Waals surface area (Å²) >= 11 is 0. The predicted octanol–water partition coefficient (Wildman–Crippen LogP) is 1.99. The molecule has 0 radical (unpaired) electrons. The standard InChI is InChI=1S/C14H15NO4S/c1-19-12-8-7-11(10-16)14(9-12)15-20(17,18)13-5-3-2-4-6-13/h2-9,15-16H,10H2,1H3. The zero-order chi connectivity index (χ0) is 14.6. The number of hydrogen-bond acceptors (Lipinski definition) is 4. The molecular weight excluding hydrogens is 278 g/mol. The van der Waals surface area contributed by atoms with E-state index in [4.69, 9.17) is 4.74 Å². The molecule has 2 aromatic rings. The number of rotatable bonds is 5. The van der Waals surface area contributed by atoms with Crippen LogP contribution in [0.2, 0.25) is 0 Å². The number of hydrogen-bond donors (Lipinski definition) is 2. The van der Waals surface area contributed by atoms with Crippen molar-refractivity contribution in [1.29, 1.82) is 0 Å². The molecule has 0 fully saturated rings. The zero-order valence-electron chi connectivity index (χ0n) is 10.9. The molecule has 0 heterocycles. The maximum Gasteiger partial charge on any atom is 0.261 e. The van der Waals surface area contributed by atoms with Gasteiger partial charge in [-0.05, 0) is 18.2 Å². The van der Waals surface area contributed by atoms with Crippen LogP contribution in [0.25, 0.3) is 0 Å². The lowest BCUT2D eigenvalue weighted by Gasteiger charge is -2.12. The van der Waals surface area contributed by atoms with E-state index in [1.165, 1.54) is 25.3 Å². The molecule has 0 saturated heterocycles. The molecule has 2 N–H and O–H groups in total. The van der Waals surface area contributed by atoms with Gasteiger partial charge in [-0.3, -0.25) is 4.72 Å². The minimum absolute atomic E-state index is 0.159. The van der Waals surface area contributed by atoms with E-state index in [-0.39, 0.29) is 11.5 Å². The second-order valence-corrected chi connectivity index (χ2v) is 5.78. The Bertz CT molecular complexity index is 684. The third kappa shape index (κ3) is 3.09. The van der Waals surface area contributed by atoms with Crippen LogP contribution in [-0.4, -0.2) is 20.6 Å². The summed E-state index contributed by atoms with van der Waals surface area (Å²) in [5, 5.41) is 9.27. The molecule has 2 aromatic carbocycles. The van der Waals surface area contributed by atoms with Gasteiger partial charge < -0.3 is 9.84 Å². The summed E-state index contributed by atoms with van der Waals surface area (Å²) in [4.78, 5) is 0.159. The molecule has 0 aliphatic heterocycles. The maximum atomic E-state index is 12.2. The minimum Gasteiger partial charge on any atom is -0.497 e. The lowest BCUT2D eigenvalue weighted by Crippen LogP contribution is -2.14. The first-order valence-electron chi connectivity index (χ1n) is 5.92. The lowest BCUT2D eigenvalue weighted by atomic mass is 10.2. The predicted molar refractivity (Wildman–Crippen MR) is 76.2 cm³/mol. The highest BCUT2D eigenvalue weighted by Crippen LogP contribution is 2.25. The van der Waals surface area contributed by atoms with Gasteiger partial charge in [-0.2, -0.15) is 0 Å². The van der Waals surface area contributed by atoms with Crippen LogP contribution in [0.5, 0.6) is 5.75 Å². The third-order valence-corrected chi connectivity index (χ3v) is 4.17. The zero-order valence-corrected chi connectivity index (χ0v) is 11.7. The van der Waals surface area contributed by atoms with E-state index in [2.05, 4.69) is 4.72 Å². The molecule has 5 nitrogen and oxygen atoms in total. The molecule has 0 spiro atoms. The van der Waals surface area contributed by atoms with Gasteiger partial charge in [0.2, 0.25) is 0 Å². The summed E-state index contributed by atoms with van der Waals surface area (Å²) in [7, 11) is -2.20. The highest BCUT2D eigenvalue weighted by atomic mass is 32.2. The van der Waals surface area contributed by atoms with Crippen LogP contribution in [0.4, 0.5) is 5.69 Å². The van der Waals surface area contributed by atoms with E-state index in [0.29, 0.717) is 17.0 Å². The van der Waals surface area contributed by atoms with Crippen LogP contribution in [-0.2, 0) is 16.6 Å². The van der Waals surface area contributed by atoms with Gasteiger partial charge in [0.1, 0.15) is 5.75 Å². The second-order valence-electron chi connectivity index (χ2n) is 4.10. The van der Waals surface area contributed by atoms with Crippen molar-refractivity contribution in [2.45, 2.75) is 11.5 Å². The fourth-order valence-corrected chi connectivity index (χ4v) is 2.83. The monoisotopic (exact) mass is 293 g/mol. The summed E-state index contributed by atoms with van der Waals surface area (Å²) in [6.45, 7) is -0.267. The molecule has 0 saturated carbocycles. The van der Waals surface area contributed by atoms with Crippen LogP contribution < -0.4 is 9.46 Å². The smallest absolute Gasteiger partial charge is 0.261 e. The fraction of sp³-hybridized carbons (Fsp3) is 0.143. The SMILES string of the molecule is COc1ccc(CO)c(NS(=O)(=O)c2ccccc2)c1. The second kappa shape index (κ2) is 5.94. The Balaban J connectivity index is 2.38. The van der Waals surface area contributed by atoms with E-state index in [9.17, 15) is 13.5 Å². The molecule has 0 bridgehead atoms.